The molecule has 4 nitrogen and oxygen atoms in total. The Labute approximate surface area is 126 Å². The molecule has 0 aliphatic heterocycles. The van der Waals surface area contributed by atoms with E-state index in [-0.39, 0.29) is 17.3 Å². The van der Waals surface area contributed by atoms with Crippen LogP contribution in [0.5, 0.6) is 11.5 Å². The molecule has 0 fully saturated rings. The summed E-state index contributed by atoms with van der Waals surface area (Å²) in [5.41, 5.74) is 6.01. The minimum absolute atomic E-state index is 0.180. The first-order chi connectivity index (χ1) is 9.63. The van der Waals surface area contributed by atoms with Crippen molar-refractivity contribution in [3.63, 3.8) is 0 Å². The van der Waals surface area contributed by atoms with Crippen molar-refractivity contribution in [2.24, 2.45) is 5.73 Å². The lowest BCUT2D eigenvalue weighted by Crippen LogP contribution is -2.21. The second-order valence-electron chi connectivity index (χ2n) is 4.22. The third-order valence-electron chi connectivity index (χ3n) is 2.54. The van der Waals surface area contributed by atoms with Gasteiger partial charge in [0, 0.05) is 5.69 Å². The summed E-state index contributed by atoms with van der Waals surface area (Å²) in [6.45, 7) is 0. The average molecular weight is 335 g/mol. The maximum Gasteiger partial charge on any atom is 0.220 e. The van der Waals surface area contributed by atoms with Gasteiger partial charge in [0.25, 0.3) is 0 Å². The van der Waals surface area contributed by atoms with E-state index in [9.17, 15) is 4.79 Å². The van der Waals surface area contributed by atoms with Crippen LogP contribution in [0.25, 0.3) is 0 Å². The Morgan fingerprint density at radius 3 is 2.30 bits per heavy atom. The Morgan fingerprint density at radius 2 is 1.70 bits per heavy atom. The highest BCUT2D eigenvalue weighted by Gasteiger charge is 2.07. The van der Waals surface area contributed by atoms with Crippen LogP contribution >= 0.6 is 15.9 Å². The Bertz CT molecular complexity index is 558. The summed E-state index contributed by atoms with van der Waals surface area (Å²) >= 11 is 3.34. The van der Waals surface area contributed by atoms with Crippen LogP contribution in [0.1, 0.15) is 6.42 Å². The van der Waals surface area contributed by atoms with Crippen LogP contribution in [0.3, 0.4) is 0 Å². The molecule has 0 aliphatic carbocycles. The van der Waals surface area contributed by atoms with Crippen LogP contribution in [0, 0.1) is 0 Å². The third kappa shape index (κ3) is 4.59. The highest BCUT2D eigenvalue weighted by atomic mass is 79.9. The second kappa shape index (κ2) is 6.96. The molecule has 104 valence electrons. The number of anilines is 1. The van der Waals surface area contributed by atoms with E-state index in [0.29, 0.717) is 0 Å². The van der Waals surface area contributed by atoms with Crippen molar-refractivity contribution in [2.75, 3.05) is 5.32 Å². The Kier molecular flexibility index (Phi) is 5.01. The monoisotopic (exact) mass is 334 g/mol. The summed E-state index contributed by atoms with van der Waals surface area (Å²) in [4.78, 5) is 10.6. The third-order valence-corrected chi connectivity index (χ3v) is 3.09. The lowest BCUT2D eigenvalue weighted by Gasteiger charge is -2.12. The first-order valence-corrected chi connectivity index (χ1v) is 7.07. The number of carbonyl (C=O) groups is 1. The van der Waals surface area contributed by atoms with Crippen molar-refractivity contribution in [2.45, 2.75) is 11.4 Å². The predicted molar refractivity (Wildman–Crippen MR) is 83.1 cm³/mol. The van der Waals surface area contributed by atoms with Crippen molar-refractivity contribution < 1.29 is 9.53 Å². The quantitative estimate of drug-likeness (QED) is 0.627. The fourth-order valence-electron chi connectivity index (χ4n) is 1.65. The van der Waals surface area contributed by atoms with E-state index in [4.69, 9.17) is 10.5 Å². The molecule has 0 spiro atoms. The maximum atomic E-state index is 10.8. The Morgan fingerprint density at radius 1 is 1.10 bits per heavy atom. The van der Waals surface area contributed by atoms with E-state index >= 15 is 0 Å². The molecule has 0 radical (unpaired) electrons. The number of primary amides is 1. The lowest BCUT2D eigenvalue weighted by atomic mass is 10.3. The largest absolute Gasteiger partial charge is 0.457 e. The van der Waals surface area contributed by atoms with Gasteiger partial charge in [0.05, 0.1) is 11.4 Å². The molecule has 1 atom stereocenters. The number of carbonyl (C=O) groups excluding carboxylic acids is 1. The number of benzene rings is 2. The first-order valence-electron chi connectivity index (χ1n) is 6.15. The van der Waals surface area contributed by atoms with Crippen LogP contribution in [0.15, 0.2) is 54.6 Å². The molecule has 0 saturated heterocycles. The van der Waals surface area contributed by atoms with Crippen molar-refractivity contribution in [3.8, 4) is 11.5 Å². The number of nitrogens with one attached hydrogen (secondary N) is 1. The van der Waals surface area contributed by atoms with Gasteiger partial charge < -0.3 is 15.8 Å². The van der Waals surface area contributed by atoms with Gasteiger partial charge in [0.2, 0.25) is 5.91 Å². The molecule has 3 N–H and O–H groups in total. The van der Waals surface area contributed by atoms with Gasteiger partial charge in [-0.25, -0.2) is 0 Å². The lowest BCUT2D eigenvalue weighted by molar-refractivity contribution is -0.117. The zero-order valence-corrected chi connectivity index (χ0v) is 12.3. The molecule has 0 aliphatic rings. The summed E-state index contributed by atoms with van der Waals surface area (Å²) in [5, 5.41) is 3.12. The SMILES string of the molecule is NC(=O)CC(Br)Nc1ccc(Oc2ccccc2)cc1. The van der Waals surface area contributed by atoms with Gasteiger partial charge in [-0.2, -0.15) is 0 Å². The molecular weight excluding hydrogens is 320 g/mol. The highest BCUT2D eigenvalue weighted by molar-refractivity contribution is 9.09. The zero-order chi connectivity index (χ0) is 14.4. The van der Waals surface area contributed by atoms with E-state index in [2.05, 4.69) is 21.2 Å². The summed E-state index contributed by atoms with van der Waals surface area (Å²) in [6, 6.07) is 17.1. The maximum absolute atomic E-state index is 10.8. The average Bonchev–Trinajstić information content (AvgIpc) is 2.41. The van der Waals surface area contributed by atoms with Crippen LogP contribution in [0.4, 0.5) is 5.69 Å². The molecule has 2 aromatic rings. The fourth-order valence-corrected chi connectivity index (χ4v) is 2.24. The topological polar surface area (TPSA) is 64.4 Å². The summed E-state index contributed by atoms with van der Waals surface area (Å²) in [5.74, 6) is 1.19. The molecular formula is C15H15BrN2O2. The molecule has 1 amide bonds. The predicted octanol–water partition coefficient (Wildman–Crippen LogP) is 3.49. The van der Waals surface area contributed by atoms with Crippen LogP contribution in [0.2, 0.25) is 0 Å². The van der Waals surface area contributed by atoms with E-state index in [1.807, 2.05) is 54.6 Å². The number of ether oxygens (including phenoxy) is 1. The number of amides is 1. The number of rotatable bonds is 6. The van der Waals surface area contributed by atoms with Crippen molar-refractivity contribution in [3.05, 3.63) is 54.6 Å². The Hall–Kier alpha value is -2.01. The van der Waals surface area contributed by atoms with Gasteiger partial charge in [-0.3, -0.25) is 4.79 Å². The first kappa shape index (κ1) is 14.4. The van der Waals surface area contributed by atoms with Gasteiger partial charge in [-0.05, 0) is 36.4 Å². The molecule has 0 saturated carbocycles. The molecule has 0 bridgehead atoms. The second-order valence-corrected chi connectivity index (χ2v) is 5.33. The van der Waals surface area contributed by atoms with E-state index < -0.39 is 0 Å². The van der Waals surface area contributed by atoms with Gasteiger partial charge in [0.15, 0.2) is 0 Å². The molecule has 20 heavy (non-hydrogen) atoms. The van der Waals surface area contributed by atoms with Gasteiger partial charge >= 0.3 is 0 Å². The molecule has 5 heteroatoms. The van der Waals surface area contributed by atoms with E-state index in [1.165, 1.54) is 0 Å². The van der Waals surface area contributed by atoms with Crippen LogP contribution in [-0.2, 0) is 4.79 Å². The molecule has 2 rings (SSSR count). The van der Waals surface area contributed by atoms with Crippen LogP contribution in [-0.4, -0.2) is 10.9 Å². The minimum Gasteiger partial charge on any atom is -0.457 e. The number of alkyl halides is 1. The normalized spacial score (nSPS) is 11.7. The number of halogens is 1. The van der Waals surface area contributed by atoms with Crippen molar-refractivity contribution >= 4 is 27.5 Å². The van der Waals surface area contributed by atoms with Crippen molar-refractivity contribution in [1.29, 1.82) is 0 Å². The summed E-state index contributed by atoms with van der Waals surface area (Å²) in [6.07, 6.45) is 0.224. The smallest absolute Gasteiger partial charge is 0.220 e. The fraction of sp³-hybridized carbons (Fsp3) is 0.133. The van der Waals surface area contributed by atoms with E-state index in [0.717, 1.165) is 17.2 Å². The summed E-state index contributed by atoms with van der Waals surface area (Å²) in [7, 11) is 0. The molecule has 0 aromatic heterocycles. The number of para-hydroxylation sites is 1. The molecule has 1 unspecified atom stereocenters. The highest BCUT2D eigenvalue weighted by Crippen LogP contribution is 2.23. The zero-order valence-electron chi connectivity index (χ0n) is 10.8. The standard InChI is InChI=1S/C15H15BrN2O2/c16-14(10-15(17)19)18-11-6-8-13(9-7-11)20-12-4-2-1-3-5-12/h1-9,14,18H,10H2,(H2,17,19). The number of hydrogen-bond acceptors (Lipinski definition) is 3. The molecule has 2 aromatic carbocycles. The van der Waals surface area contributed by atoms with Crippen molar-refractivity contribution in [1.82, 2.24) is 0 Å². The van der Waals surface area contributed by atoms with Gasteiger partial charge in [-0.1, -0.05) is 34.1 Å². The van der Waals surface area contributed by atoms with Gasteiger partial charge in [-0.15, -0.1) is 0 Å². The molecule has 0 heterocycles. The van der Waals surface area contributed by atoms with Crippen LogP contribution < -0.4 is 15.8 Å². The minimum atomic E-state index is -0.358. The Balaban J connectivity index is 1.94. The number of hydrogen-bond donors (Lipinski definition) is 2. The number of nitrogens with two attached hydrogens (primary N) is 1. The van der Waals surface area contributed by atoms with E-state index in [1.54, 1.807) is 0 Å². The summed E-state index contributed by atoms with van der Waals surface area (Å²) < 4.78 is 5.69. The van der Waals surface area contributed by atoms with Gasteiger partial charge in [0.1, 0.15) is 11.5 Å².